The van der Waals surface area contributed by atoms with E-state index in [4.69, 9.17) is 9.47 Å². The number of hydrogen-bond donors (Lipinski definition) is 1. The molecule has 29 heavy (non-hydrogen) atoms. The Hall–Kier alpha value is -2.72. The van der Waals surface area contributed by atoms with Crippen LogP contribution in [0.4, 0.5) is 0 Å². The zero-order chi connectivity index (χ0) is 20.7. The average Bonchev–Trinajstić information content (AvgIpc) is 3.29. The van der Waals surface area contributed by atoms with Crippen LogP contribution in [0.15, 0.2) is 10.9 Å². The van der Waals surface area contributed by atoms with E-state index >= 15 is 0 Å². The molecule has 156 valence electrons. The van der Waals surface area contributed by atoms with E-state index in [1.54, 1.807) is 13.2 Å². The van der Waals surface area contributed by atoms with E-state index in [1.807, 2.05) is 6.92 Å². The second kappa shape index (κ2) is 7.60. The number of fused-ring (bicyclic) bond motifs is 2. The summed E-state index contributed by atoms with van der Waals surface area (Å²) in [6.07, 6.45) is 1.58. The van der Waals surface area contributed by atoms with Crippen molar-refractivity contribution in [2.24, 2.45) is 0 Å². The predicted octanol–water partition coefficient (Wildman–Crippen LogP) is 0.465. The molecule has 1 N–H and O–H groups in total. The van der Waals surface area contributed by atoms with Crippen LogP contribution in [-0.4, -0.2) is 69.0 Å². The Morgan fingerprint density at radius 1 is 1.38 bits per heavy atom. The third-order valence-electron chi connectivity index (χ3n) is 5.66. The average molecular weight is 404 g/mol. The number of amides is 1. The van der Waals surface area contributed by atoms with Crippen LogP contribution in [0.3, 0.4) is 0 Å². The van der Waals surface area contributed by atoms with Crippen LogP contribution < -0.4 is 5.56 Å². The van der Waals surface area contributed by atoms with E-state index in [0.717, 1.165) is 18.5 Å². The molecule has 10 nitrogen and oxygen atoms in total. The maximum Gasteiger partial charge on any atom is 0.323 e. The summed E-state index contributed by atoms with van der Waals surface area (Å²) in [7, 11) is 1.54. The smallest absolute Gasteiger partial charge is 0.323 e. The number of carboxylic acid groups (broad SMARTS) is 1. The molecule has 1 amide bonds. The first-order valence-corrected chi connectivity index (χ1v) is 9.67. The van der Waals surface area contributed by atoms with Crippen molar-refractivity contribution < 1.29 is 24.2 Å². The van der Waals surface area contributed by atoms with Gasteiger partial charge in [0.05, 0.1) is 30.5 Å². The lowest BCUT2D eigenvalue weighted by Gasteiger charge is -2.23. The molecule has 1 fully saturated rings. The Morgan fingerprint density at radius 2 is 2.10 bits per heavy atom. The van der Waals surface area contributed by atoms with Crippen LogP contribution in [0.1, 0.15) is 47.4 Å². The summed E-state index contributed by atoms with van der Waals surface area (Å²) >= 11 is 0. The molecule has 10 heteroatoms. The van der Waals surface area contributed by atoms with Crippen molar-refractivity contribution in [1.82, 2.24) is 19.1 Å². The fraction of sp³-hybridized carbons (Fsp3) is 0.579. The van der Waals surface area contributed by atoms with Gasteiger partial charge in [0.25, 0.3) is 11.5 Å². The van der Waals surface area contributed by atoms with Gasteiger partial charge in [-0.05, 0) is 19.8 Å². The summed E-state index contributed by atoms with van der Waals surface area (Å²) in [6.45, 7) is 3.08. The van der Waals surface area contributed by atoms with E-state index in [-0.39, 0.29) is 41.2 Å². The Balaban J connectivity index is 1.86. The molecule has 0 saturated carbocycles. The van der Waals surface area contributed by atoms with E-state index in [9.17, 15) is 19.5 Å². The Labute approximate surface area is 166 Å². The maximum absolute atomic E-state index is 13.1. The highest BCUT2D eigenvalue weighted by atomic mass is 16.5. The Kier molecular flexibility index (Phi) is 5.13. The zero-order valence-corrected chi connectivity index (χ0v) is 16.5. The summed E-state index contributed by atoms with van der Waals surface area (Å²) in [5.41, 5.74) is 1.08. The lowest BCUT2D eigenvalue weighted by molar-refractivity contribution is -0.137. The number of methoxy groups -OCH3 is 1. The summed E-state index contributed by atoms with van der Waals surface area (Å²) < 4.78 is 13.2. The van der Waals surface area contributed by atoms with Gasteiger partial charge in [0.2, 0.25) is 0 Å². The molecule has 4 heterocycles. The summed E-state index contributed by atoms with van der Waals surface area (Å²) in [4.78, 5) is 39.3. The van der Waals surface area contributed by atoms with Crippen LogP contribution in [-0.2, 0) is 27.4 Å². The lowest BCUT2D eigenvalue weighted by atomic mass is 9.97. The van der Waals surface area contributed by atoms with Gasteiger partial charge in [-0.1, -0.05) is 0 Å². The SMILES string of the molecule is COC[C@H](C)N1Cc2c(n(CC(=O)O)c3cc(C4CCOCC4)nn3c2=O)C1=O. The second-order valence-electron chi connectivity index (χ2n) is 7.58. The van der Waals surface area contributed by atoms with Gasteiger partial charge in [-0.3, -0.25) is 14.4 Å². The standard InChI is InChI=1S/C19H24N4O6/c1-11(10-28-2)21-8-13-17(19(21)27)22(9-16(24)25)15-7-14(20-23(15)18(13)26)12-3-5-29-6-4-12/h7,11-12H,3-6,8-10H2,1-2H3,(H,24,25)/t11-/m0/s1. The molecular weight excluding hydrogens is 380 g/mol. The van der Waals surface area contributed by atoms with Crippen LogP contribution in [0.5, 0.6) is 0 Å². The van der Waals surface area contributed by atoms with Gasteiger partial charge < -0.3 is 24.0 Å². The number of rotatable bonds is 6. The molecule has 0 unspecified atom stereocenters. The van der Waals surface area contributed by atoms with Crippen molar-refractivity contribution in [3.05, 3.63) is 33.4 Å². The highest BCUT2D eigenvalue weighted by Crippen LogP contribution is 2.29. The molecule has 2 aromatic rings. The first-order valence-electron chi connectivity index (χ1n) is 9.67. The van der Waals surface area contributed by atoms with Crippen molar-refractivity contribution in [3.8, 4) is 0 Å². The normalized spacial score (nSPS) is 18.4. The molecule has 2 aliphatic heterocycles. The predicted molar refractivity (Wildman–Crippen MR) is 101 cm³/mol. The topological polar surface area (TPSA) is 115 Å². The first kappa shape index (κ1) is 19.6. The third kappa shape index (κ3) is 3.32. The number of nitrogens with zero attached hydrogens (tertiary/aromatic N) is 4. The fourth-order valence-corrected chi connectivity index (χ4v) is 4.18. The van der Waals surface area contributed by atoms with Crippen molar-refractivity contribution in [2.45, 2.75) is 44.8 Å². The molecule has 2 aromatic heterocycles. The van der Waals surface area contributed by atoms with Gasteiger partial charge in [-0.15, -0.1) is 0 Å². The monoisotopic (exact) mass is 404 g/mol. The van der Waals surface area contributed by atoms with Gasteiger partial charge in [0.15, 0.2) is 0 Å². The quantitative estimate of drug-likeness (QED) is 0.744. The van der Waals surface area contributed by atoms with Gasteiger partial charge in [0.1, 0.15) is 17.9 Å². The molecule has 1 atom stereocenters. The molecule has 1 saturated heterocycles. The minimum atomic E-state index is -1.09. The zero-order valence-electron chi connectivity index (χ0n) is 16.5. The van der Waals surface area contributed by atoms with Gasteiger partial charge >= 0.3 is 5.97 Å². The highest BCUT2D eigenvalue weighted by Gasteiger charge is 2.37. The van der Waals surface area contributed by atoms with Crippen LogP contribution in [0, 0.1) is 0 Å². The molecule has 0 spiro atoms. The summed E-state index contributed by atoms with van der Waals surface area (Å²) in [5, 5.41) is 13.9. The van der Waals surface area contributed by atoms with Gasteiger partial charge in [0, 0.05) is 32.3 Å². The number of carboxylic acids is 1. The fourth-order valence-electron chi connectivity index (χ4n) is 4.18. The molecule has 2 aliphatic rings. The second-order valence-corrected chi connectivity index (χ2v) is 7.58. The van der Waals surface area contributed by atoms with E-state index in [2.05, 4.69) is 5.10 Å². The van der Waals surface area contributed by atoms with E-state index < -0.39 is 12.5 Å². The van der Waals surface area contributed by atoms with E-state index in [1.165, 1.54) is 14.0 Å². The maximum atomic E-state index is 13.1. The van der Waals surface area contributed by atoms with Gasteiger partial charge in [-0.25, -0.2) is 0 Å². The number of aliphatic carboxylic acids is 1. The van der Waals surface area contributed by atoms with Crippen LogP contribution in [0.2, 0.25) is 0 Å². The number of aromatic nitrogens is 3. The first-order chi connectivity index (χ1) is 13.9. The summed E-state index contributed by atoms with van der Waals surface area (Å²) in [6, 6.07) is 1.48. The molecule has 0 aliphatic carbocycles. The van der Waals surface area contributed by atoms with Crippen LogP contribution >= 0.6 is 0 Å². The van der Waals surface area contributed by atoms with Crippen molar-refractivity contribution in [1.29, 1.82) is 0 Å². The lowest BCUT2D eigenvalue weighted by Crippen LogP contribution is -2.37. The number of ether oxygens (including phenoxy) is 2. The minimum Gasteiger partial charge on any atom is -0.480 e. The summed E-state index contributed by atoms with van der Waals surface area (Å²) in [5.74, 6) is -1.31. The van der Waals surface area contributed by atoms with Crippen molar-refractivity contribution in [2.75, 3.05) is 26.9 Å². The third-order valence-corrected chi connectivity index (χ3v) is 5.66. The largest absolute Gasteiger partial charge is 0.480 e. The Morgan fingerprint density at radius 3 is 2.76 bits per heavy atom. The van der Waals surface area contributed by atoms with Crippen LogP contribution in [0.25, 0.3) is 5.65 Å². The number of carbonyl (C=O) groups excluding carboxylic acids is 1. The molecular formula is C19H24N4O6. The van der Waals surface area contributed by atoms with E-state index in [0.29, 0.717) is 25.5 Å². The van der Waals surface area contributed by atoms with Crippen molar-refractivity contribution in [3.63, 3.8) is 0 Å². The molecule has 0 radical (unpaired) electrons. The number of hydrogen-bond acceptors (Lipinski definition) is 6. The Bertz CT molecular complexity index is 1020. The van der Waals surface area contributed by atoms with Crippen molar-refractivity contribution >= 4 is 17.5 Å². The number of carbonyl (C=O) groups is 2. The minimum absolute atomic E-state index is 0.111. The molecule has 4 rings (SSSR count). The molecule has 0 bridgehead atoms. The molecule has 0 aromatic carbocycles. The van der Waals surface area contributed by atoms with Gasteiger partial charge in [-0.2, -0.15) is 9.61 Å². The highest BCUT2D eigenvalue weighted by molar-refractivity contribution is 5.97.